The van der Waals surface area contributed by atoms with Gasteiger partial charge in [0.2, 0.25) is 5.95 Å². The maximum Gasteiger partial charge on any atom is 0.272 e. The smallest absolute Gasteiger partial charge is 0.272 e. The van der Waals surface area contributed by atoms with Gasteiger partial charge in [-0.2, -0.15) is 0 Å². The van der Waals surface area contributed by atoms with E-state index in [-0.39, 0.29) is 5.91 Å². The number of rotatable bonds is 3. The molecule has 2 aliphatic rings. The Morgan fingerprint density at radius 1 is 0.808 bits per heavy atom. The SMILES string of the molecule is O=C(c1cc(N2CCN(c3ncccn3)CC2)ccn1)N1CCCCC1. The van der Waals surface area contributed by atoms with Crippen LogP contribution in [-0.2, 0) is 0 Å². The summed E-state index contributed by atoms with van der Waals surface area (Å²) in [5, 5.41) is 0. The van der Waals surface area contributed by atoms with Gasteiger partial charge in [-0.05, 0) is 37.5 Å². The fraction of sp³-hybridized carbons (Fsp3) is 0.474. The van der Waals surface area contributed by atoms with E-state index in [4.69, 9.17) is 0 Å². The molecule has 2 aromatic heterocycles. The van der Waals surface area contributed by atoms with Crippen molar-refractivity contribution < 1.29 is 4.79 Å². The molecule has 7 heteroatoms. The predicted molar refractivity (Wildman–Crippen MR) is 100 cm³/mol. The van der Waals surface area contributed by atoms with Crippen molar-refractivity contribution in [2.45, 2.75) is 19.3 Å². The van der Waals surface area contributed by atoms with Gasteiger partial charge in [-0.15, -0.1) is 0 Å². The minimum Gasteiger partial charge on any atom is -0.368 e. The van der Waals surface area contributed by atoms with Crippen LogP contribution < -0.4 is 9.80 Å². The molecular formula is C19H24N6O. The molecule has 0 spiro atoms. The summed E-state index contributed by atoms with van der Waals surface area (Å²) in [6.45, 7) is 5.17. The molecular weight excluding hydrogens is 328 g/mol. The van der Waals surface area contributed by atoms with Crippen molar-refractivity contribution in [1.82, 2.24) is 19.9 Å². The summed E-state index contributed by atoms with van der Waals surface area (Å²) >= 11 is 0. The summed E-state index contributed by atoms with van der Waals surface area (Å²) in [5.41, 5.74) is 1.62. The van der Waals surface area contributed by atoms with E-state index < -0.39 is 0 Å². The third-order valence-electron chi connectivity index (χ3n) is 5.09. The van der Waals surface area contributed by atoms with E-state index in [0.29, 0.717) is 5.69 Å². The zero-order valence-corrected chi connectivity index (χ0v) is 14.9. The van der Waals surface area contributed by atoms with Gasteiger partial charge >= 0.3 is 0 Å². The fourth-order valence-electron chi connectivity index (χ4n) is 3.61. The molecule has 0 aliphatic carbocycles. The molecule has 4 heterocycles. The van der Waals surface area contributed by atoms with Crippen molar-refractivity contribution in [1.29, 1.82) is 0 Å². The molecule has 0 atom stereocenters. The minimum atomic E-state index is 0.0582. The molecule has 0 saturated carbocycles. The van der Waals surface area contributed by atoms with Crippen molar-refractivity contribution in [3.05, 3.63) is 42.5 Å². The van der Waals surface area contributed by atoms with Gasteiger partial charge < -0.3 is 14.7 Å². The molecule has 4 rings (SSSR count). The van der Waals surface area contributed by atoms with Crippen LogP contribution in [0.25, 0.3) is 0 Å². The number of hydrogen-bond donors (Lipinski definition) is 0. The number of piperazine rings is 1. The second-order valence-electron chi connectivity index (χ2n) is 6.78. The lowest BCUT2D eigenvalue weighted by Crippen LogP contribution is -2.47. The molecule has 1 amide bonds. The van der Waals surface area contributed by atoms with Gasteiger partial charge in [0.05, 0.1) is 0 Å². The number of nitrogens with zero attached hydrogens (tertiary/aromatic N) is 6. The normalized spacial score (nSPS) is 18.1. The van der Waals surface area contributed by atoms with E-state index in [1.54, 1.807) is 18.6 Å². The Labute approximate surface area is 153 Å². The number of amides is 1. The number of pyridine rings is 1. The highest BCUT2D eigenvalue weighted by molar-refractivity contribution is 5.93. The molecule has 136 valence electrons. The van der Waals surface area contributed by atoms with Crippen molar-refractivity contribution in [3.63, 3.8) is 0 Å². The highest BCUT2D eigenvalue weighted by atomic mass is 16.2. The van der Waals surface area contributed by atoms with E-state index in [0.717, 1.165) is 63.7 Å². The van der Waals surface area contributed by atoms with Crippen LogP contribution in [-0.4, -0.2) is 65.0 Å². The summed E-state index contributed by atoms with van der Waals surface area (Å²) in [6, 6.07) is 5.75. The number of likely N-dealkylation sites (tertiary alicyclic amines) is 1. The molecule has 0 N–H and O–H groups in total. The molecule has 2 aliphatic heterocycles. The molecule has 0 bridgehead atoms. The zero-order valence-electron chi connectivity index (χ0n) is 14.9. The number of carbonyl (C=O) groups excluding carboxylic acids is 1. The van der Waals surface area contributed by atoms with Crippen LogP contribution in [0, 0.1) is 0 Å². The second kappa shape index (κ2) is 7.68. The van der Waals surface area contributed by atoms with Crippen LogP contribution in [0.2, 0.25) is 0 Å². The van der Waals surface area contributed by atoms with Gasteiger partial charge in [0.25, 0.3) is 5.91 Å². The number of carbonyl (C=O) groups is 1. The predicted octanol–water partition coefficient (Wildman–Crippen LogP) is 1.82. The average Bonchev–Trinajstić information content (AvgIpc) is 2.75. The van der Waals surface area contributed by atoms with Crippen molar-refractivity contribution in [3.8, 4) is 0 Å². The summed E-state index contributed by atoms with van der Waals surface area (Å²) < 4.78 is 0. The number of aromatic nitrogens is 3. The van der Waals surface area contributed by atoms with Crippen LogP contribution in [0.1, 0.15) is 29.8 Å². The second-order valence-corrected chi connectivity index (χ2v) is 6.78. The Morgan fingerprint density at radius 2 is 1.50 bits per heavy atom. The van der Waals surface area contributed by atoms with Crippen molar-refractivity contribution >= 4 is 17.5 Å². The van der Waals surface area contributed by atoms with Gasteiger partial charge in [-0.1, -0.05) is 0 Å². The number of piperidine rings is 1. The van der Waals surface area contributed by atoms with Gasteiger partial charge in [0.1, 0.15) is 5.69 Å². The summed E-state index contributed by atoms with van der Waals surface area (Å²) in [6.07, 6.45) is 8.70. The quantitative estimate of drug-likeness (QED) is 0.840. The van der Waals surface area contributed by atoms with Gasteiger partial charge in [-0.3, -0.25) is 9.78 Å². The molecule has 2 fully saturated rings. The molecule has 0 aromatic carbocycles. The largest absolute Gasteiger partial charge is 0.368 e. The summed E-state index contributed by atoms with van der Waals surface area (Å²) in [7, 11) is 0. The van der Waals surface area contributed by atoms with Crippen LogP contribution in [0.15, 0.2) is 36.8 Å². The van der Waals surface area contributed by atoms with Crippen LogP contribution in [0.4, 0.5) is 11.6 Å². The minimum absolute atomic E-state index is 0.0582. The Bertz CT molecular complexity index is 739. The first-order valence-corrected chi connectivity index (χ1v) is 9.33. The highest BCUT2D eigenvalue weighted by Crippen LogP contribution is 2.20. The van der Waals surface area contributed by atoms with E-state index in [1.807, 2.05) is 23.1 Å². The third kappa shape index (κ3) is 3.61. The average molecular weight is 352 g/mol. The van der Waals surface area contributed by atoms with E-state index in [1.165, 1.54) is 6.42 Å². The van der Waals surface area contributed by atoms with Crippen molar-refractivity contribution in [2.75, 3.05) is 49.1 Å². The molecule has 2 aromatic rings. The molecule has 0 unspecified atom stereocenters. The summed E-state index contributed by atoms with van der Waals surface area (Å²) in [4.78, 5) is 32.1. The lowest BCUT2D eigenvalue weighted by Gasteiger charge is -2.36. The van der Waals surface area contributed by atoms with Gasteiger partial charge in [0, 0.05) is 63.5 Å². The first-order chi connectivity index (χ1) is 12.8. The molecule has 2 saturated heterocycles. The summed E-state index contributed by atoms with van der Waals surface area (Å²) in [5.74, 6) is 0.839. The first kappa shape index (κ1) is 16.8. The Hall–Kier alpha value is -2.70. The maximum atomic E-state index is 12.7. The van der Waals surface area contributed by atoms with Crippen molar-refractivity contribution in [2.24, 2.45) is 0 Å². The lowest BCUT2D eigenvalue weighted by molar-refractivity contribution is 0.0718. The molecule has 26 heavy (non-hydrogen) atoms. The maximum absolute atomic E-state index is 12.7. The Balaban J connectivity index is 1.42. The molecule has 7 nitrogen and oxygen atoms in total. The third-order valence-corrected chi connectivity index (χ3v) is 5.09. The van der Waals surface area contributed by atoms with Crippen LogP contribution in [0.5, 0.6) is 0 Å². The van der Waals surface area contributed by atoms with Crippen LogP contribution >= 0.6 is 0 Å². The monoisotopic (exact) mass is 352 g/mol. The van der Waals surface area contributed by atoms with Crippen LogP contribution in [0.3, 0.4) is 0 Å². The standard InChI is InChI=1S/C19H24N6O/c26-18(24-9-2-1-3-10-24)17-15-16(5-8-20-17)23-11-13-25(14-12-23)19-21-6-4-7-22-19/h4-8,15H,1-3,9-14H2. The molecule has 0 radical (unpaired) electrons. The fourth-order valence-corrected chi connectivity index (χ4v) is 3.61. The first-order valence-electron chi connectivity index (χ1n) is 9.33. The van der Waals surface area contributed by atoms with Gasteiger partial charge in [0.15, 0.2) is 0 Å². The van der Waals surface area contributed by atoms with E-state index >= 15 is 0 Å². The highest BCUT2D eigenvalue weighted by Gasteiger charge is 2.22. The topological polar surface area (TPSA) is 65.5 Å². The van der Waals surface area contributed by atoms with E-state index in [9.17, 15) is 4.79 Å². The number of anilines is 2. The zero-order chi connectivity index (χ0) is 17.8. The Kier molecular flexibility index (Phi) is 4.95. The lowest BCUT2D eigenvalue weighted by atomic mass is 10.1. The van der Waals surface area contributed by atoms with E-state index in [2.05, 4.69) is 24.8 Å². The van der Waals surface area contributed by atoms with Gasteiger partial charge in [-0.25, -0.2) is 9.97 Å². The Morgan fingerprint density at radius 3 is 2.23 bits per heavy atom. The number of hydrogen-bond acceptors (Lipinski definition) is 6.